The third kappa shape index (κ3) is 3.67. The normalized spacial score (nSPS) is 10.9. The number of primary amides is 1. The van der Waals surface area contributed by atoms with E-state index in [2.05, 4.69) is 15.3 Å². The molecule has 0 saturated carbocycles. The van der Waals surface area contributed by atoms with Crippen LogP contribution >= 0.6 is 11.3 Å². The molecule has 0 unspecified atom stereocenters. The van der Waals surface area contributed by atoms with E-state index in [1.807, 2.05) is 6.92 Å². The zero-order chi connectivity index (χ0) is 20.4. The molecule has 0 radical (unpaired) electrons. The van der Waals surface area contributed by atoms with Gasteiger partial charge in [-0.25, -0.2) is 4.98 Å². The lowest BCUT2D eigenvalue weighted by molar-refractivity contribution is 0.0998. The summed E-state index contributed by atoms with van der Waals surface area (Å²) < 4.78 is 10.5. The maximum Gasteiger partial charge on any atom is 0.266 e. The molecule has 2 amide bonds. The highest BCUT2D eigenvalue weighted by Gasteiger charge is 2.21. The van der Waals surface area contributed by atoms with Gasteiger partial charge in [0.2, 0.25) is 11.8 Å². The van der Waals surface area contributed by atoms with Crippen molar-refractivity contribution in [3.05, 3.63) is 45.6 Å². The molecule has 1 aromatic carbocycles. The van der Waals surface area contributed by atoms with Gasteiger partial charge in [-0.2, -0.15) is 4.98 Å². The first-order valence-electron chi connectivity index (χ1n) is 8.40. The van der Waals surface area contributed by atoms with Gasteiger partial charge in [-0.05, 0) is 43.2 Å². The second-order valence-electron chi connectivity index (χ2n) is 6.17. The standard InChI is InChI=1S/C19H20N4O4S/c1-9-7-11(5-6-12(9)16(20)24)21-17(25)15-10(2)14-18(27-4)22-13(8-26-3)23-19(14)28-15/h5-7H,8H2,1-4H3,(H2,20,24)(H,21,25). The molecule has 0 saturated heterocycles. The number of thiophene rings is 1. The lowest BCUT2D eigenvalue weighted by Gasteiger charge is -2.08. The molecular weight excluding hydrogens is 380 g/mol. The minimum Gasteiger partial charge on any atom is -0.480 e. The highest BCUT2D eigenvalue weighted by Crippen LogP contribution is 2.35. The molecule has 3 N–H and O–H groups in total. The number of methoxy groups -OCH3 is 2. The number of rotatable bonds is 6. The van der Waals surface area contributed by atoms with Crippen LogP contribution < -0.4 is 15.8 Å². The highest BCUT2D eigenvalue weighted by atomic mass is 32.1. The molecule has 3 aromatic rings. The predicted octanol–water partition coefficient (Wildman–Crippen LogP) is 2.81. The number of ether oxygens (including phenoxy) is 2. The SMILES string of the molecule is COCc1nc(OC)c2c(C)c(C(=O)Nc3ccc(C(N)=O)c(C)c3)sc2n1. The number of carbonyl (C=O) groups is 2. The summed E-state index contributed by atoms with van der Waals surface area (Å²) in [5.41, 5.74) is 7.74. The average molecular weight is 400 g/mol. The van der Waals surface area contributed by atoms with Crippen molar-refractivity contribution >= 4 is 39.1 Å². The van der Waals surface area contributed by atoms with Crippen LogP contribution in [0.15, 0.2) is 18.2 Å². The number of nitrogens with one attached hydrogen (secondary N) is 1. The Kier molecular flexibility index (Phi) is 5.57. The van der Waals surface area contributed by atoms with Crippen LogP contribution in [0.1, 0.15) is 37.0 Å². The Labute approximate surface area is 165 Å². The number of anilines is 1. The van der Waals surface area contributed by atoms with Crippen LogP contribution in [0.4, 0.5) is 5.69 Å². The van der Waals surface area contributed by atoms with E-state index in [1.54, 1.807) is 32.2 Å². The van der Waals surface area contributed by atoms with Crippen molar-refractivity contribution < 1.29 is 19.1 Å². The van der Waals surface area contributed by atoms with Gasteiger partial charge in [0.05, 0.1) is 17.4 Å². The summed E-state index contributed by atoms with van der Waals surface area (Å²) in [6, 6.07) is 4.94. The quantitative estimate of drug-likeness (QED) is 0.657. The largest absolute Gasteiger partial charge is 0.480 e. The van der Waals surface area contributed by atoms with Crippen LogP contribution in [0.25, 0.3) is 10.2 Å². The average Bonchev–Trinajstić information content (AvgIpc) is 2.98. The van der Waals surface area contributed by atoms with E-state index in [4.69, 9.17) is 15.2 Å². The molecule has 28 heavy (non-hydrogen) atoms. The number of aryl methyl sites for hydroxylation is 2. The van der Waals surface area contributed by atoms with Gasteiger partial charge in [-0.3, -0.25) is 9.59 Å². The van der Waals surface area contributed by atoms with Gasteiger partial charge >= 0.3 is 0 Å². The van der Waals surface area contributed by atoms with E-state index in [0.717, 1.165) is 5.56 Å². The minimum absolute atomic E-state index is 0.246. The zero-order valence-electron chi connectivity index (χ0n) is 16.0. The predicted molar refractivity (Wildman–Crippen MR) is 107 cm³/mol. The third-order valence-electron chi connectivity index (χ3n) is 4.23. The van der Waals surface area contributed by atoms with Crippen molar-refractivity contribution in [2.24, 2.45) is 5.73 Å². The van der Waals surface area contributed by atoms with Gasteiger partial charge in [0, 0.05) is 18.4 Å². The van der Waals surface area contributed by atoms with Crippen LogP contribution in [0.5, 0.6) is 5.88 Å². The summed E-state index contributed by atoms with van der Waals surface area (Å²) in [6.07, 6.45) is 0. The van der Waals surface area contributed by atoms with Crippen molar-refractivity contribution in [3.63, 3.8) is 0 Å². The van der Waals surface area contributed by atoms with E-state index >= 15 is 0 Å². The Morgan fingerprint density at radius 3 is 2.57 bits per heavy atom. The lowest BCUT2D eigenvalue weighted by atomic mass is 10.1. The van der Waals surface area contributed by atoms with E-state index in [-0.39, 0.29) is 12.5 Å². The van der Waals surface area contributed by atoms with Gasteiger partial charge in [0.25, 0.3) is 5.91 Å². The summed E-state index contributed by atoms with van der Waals surface area (Å²) in [5.74, 6) is 0.111. The van der Waals surface area contributed by atoms with Gasteiger partial charge in [0.1, 0.15) is 11.4 Å². The van der Waals surface area contributed by atoms with Gasteiger partial charge in [0.15, 0.2) is 5.82 Å². The van der Waals surface area contributed by atoms with Crippen LogP contribution in [0.3, 0.4) is 0 Å². The van der Waals surface area contributed by atoms with E-state index < -0.39 is 5.91 Å². The van der Waals surface area contributed by atoms with Crippen molar-refractivity contribution in [2.45, 2.75) is 20.5 Å². The number of fused-ring (bicyclic) bond motifs is 1. The summed E-state index contributed by atoms with van der Waals surface area (Å²) >= 11 is 1.26. The van der Waals surface area contributed by atoms with Crippen molar-refractivity contribution in [3.8, 4) is 5.88 Å². The Balaban J connectivity index is 1.97. The van der Waals surface area contributed by atoms with E-state index in [9.17, 15) is 9.59 Å². The second-order valence-corrected chi connectivity index (χ2v) is 7.17. The Hall–Kier alpha value is -3.04. The molecule has 0 fully saturated rings. The fourth-order valence-electron chi connectivity index (χ4n) is 2.91. The Morgan fingerprint density at radius 2 is 1.96 bits per heavy atom. The molecule has 9 heteroatoms. The molecule has 0 bridgehead atoms. The van der Waals surface area contributed by atoms with Gasteiger partial charge < -0.3 is 20.5 Å². The molecule has 0 atom stereocenters. The van der Waals surface area contributed by atoms with Crippen LogP contribution in [-0.4, -0.2) is 36.0 Å². The molecule has 146 valence electrons. The Bertz CT molecular complexity index is 1080. The van der Waals surface area contributed by atoms with Crippen LogP contribution in [0.2, 0.25) is 0 Å². The molecule has 0 aliphatic heterocycles. The van der Waals surface area contributed by atoms with Crippen molar-refractivity contribution in [1.82, 2.24) is 9.97 Å². The number of amides is 2. The first kappa shape index (κ1) is 19.7. The minimum atomic E-state index is -0.506. The first-order chi connectivity index (χ1) is 13.3. The Morgan fingerprint density at radius 1 is 1.21 bits per heavy atom. The third-order valence-corrected chi connectivity index (χ3v) is 5.41. The van der Waals surface area contributed by atoms with Gasteiger partial charge in [-0.15, -0.1) is 11.3 Å². The monoisotopic (exact) mass is 400 g/mol. The lowest BCUT2D eigenvalue weighted by Crippen LogP contribution is -2.14. The number of nitrogens with zero attached hydrogens (tertiary/aromatic N) is 2. The van der Waals surface area contributed by atoms with Crippen molar-refractivity contribution in [2.75, 3.05) is 19.5 Å². The van der Waals surface area contributed by atoms with Gasteiger partial charge in [-0.1, -0.05) is 0 Å². The van der Waals surface area contributed by atoms with Crippen LogP contribution in [-0.2, 0) is 11.3 Å². The molecule has 0 spiro atoms. The maximum atomic E-state index is 12.8. The summed E-state index contributed by atoms with van der Waals surface area (Å²) in [6.45, 7) is 3.84. The summed E-state index contributed by atoms with van der Waals surface area (Å²) in [5, 5.41) is 3.56. The molecule has 8 nitrogen and oxygen atoms in total. The van der Waals surface area contributed by atoms with Crippen LogP contribution in [0, 0.1) is 13.8 Å². The molecule has 2 heterocycles. The summed E-state index contributed by atoms with van der Waals surface area (Å²) in [7, 11) is 3.09. The first-order valence-corrected chi connectivity index (χ1v) is 9.22. The van der Waals surface area contributed by atoms with E-state index in [1.165, 1.54) is 18.4 Å². The number of hydrogen-bond acceptors (Lipinski definition) is 7. The molecular formula is C19H20N4O4S. The highest BCUT2D eigenvalue weighted by molar-refractivity contribution is 7.20. The number of aromatic nitrogens is 2. The molecule has 3 rings (SSSR count). The maximum absolute atomic E-state index is 12.8. The smallest absolute Gasteiger partial charge is 0.266 e. The summed E-state index contributed by atoms with van der Waals surface area (Å²) in [4.78, 5) is 34.2. The fourth-order valence-corrected chi connectivity index (χ4v) is 3.99. The number of carbonyl (C=O) groups excluding carboxylic acids is 2. The molecule has 2 aromatic heterocycles. The second kappa shape index (κ2) is 7.91. The topological polar surface area (TPSA) is 116 Å². The zero-order valence-corrected chi connectivity index (χ0v) is 16.8. The molecule has 0 aliphatic carbocycles. The number of benzene rings is 1. The van der Waals surface area contributed by atoms with Crippen molar-refractivity contribution in [1.29, 1.82) is 0 Å². The fraction of sp³-hybridized carbons (Fsp3) is 0.263. The van der Waals surface area contributed by atoms with E-state index in [0.29, 0.717) is 43.6 Å². The molecule has 0 aliphatic rings. The number of nitrogens with two attached hydrogens (primary N) is 1. The number of hydrogen-bond donors (Lipinski definition) is 2.